The maximum absolute atomic E-state index is 12.3. The number of carbonyl (C=O) groups is 1. The highest BCUT2D eigenvalue weighted by atomic mass is 32.2. The predicted molar refractivity (Wildman–Crippen MR) is 85.0 cm³/mol. The Morgan fingerprint density at radius 3 is 2.55 bits per heavy atom. The Labute approximate surface area is 127 Å². The van der Waals surface area contributed by atoms with Crippen LogP contribution in [0.3, 0.4) is 0 Å². The second-order valence-electron chi connectivity index (χ2n) is 3.87. The highest BCUT2D eigenvalue weighted by Gasteiger charge is 2.33. The average Bonchev–Trinajstić information content (AvgIpc) is 2.73. The van der Waals surface area contributed by atoms with Crippen LogP contribution in [0, 0.1) is 0 Å². The molecule has 0 bridgehead atoms. The van der Waals surface area contributed by atoms with Gasteiger partial charge in [-0.2, -0.15) is 0 Å². The molecular formula is C14H15NO3S2. The van der Waals surface area contributed by atoms with Gasteiger partial charge in [-0.15, -0.1) is 0 Å². The van der Waals surface area contributed by atoms with Gasteiger partial charge in [0.25, 0.3) is 5.91 Å². The van der Waals surface area contributed by atoms with E-state index >= 15 is 0 Å². The van der Waals surface area contributed by atoms with Crippen molar-refractivity contribution in [3.63, 3.8) is 0 Å². The summed E-state index contributed by atoms with van der Waals surface area (Å²) in [6.45, 7) is 4.92. The third-order valence-corrected chi connectivity index (χ3v) is 3.84. The van der Waals surface area contributed by atoms with Crippen LogP contribution in [0.15, 0.2) is 35.4 Å². The molecule has 1 amide bonds. The molecule has 4 nitrogen and oxygen atoms in total. The first-order chi connectivity index (χ1) is 9.67. The first kappa shape index (κ1) is 14.9. The molecule has 1 aliphatic rings. The monoisotopic (exact) mass is 309 g/mol. The molecule has 6 heteroatoms. The minimum atomic E-state index is -0.155. The van der Waals surface area contributed by atoms with Gasteiger partial charge in [0.05, 0.1) is 18.9 Å². The molecule has 1 heterocycles. The number of carbonyl (C=O) groups excluding carboxylic acids is 1. The van der Waals surface area contributed by atoms with Crippen LogP contribution in [0.5, 0.6) is 5.75 Å². The SMILES string of the molecule is CCOC=C1SC(=S)N(c2ccc(OCC)cc2)C1=O. The van der Waals surface area contributed by atoms with Gasteiger partial charge in [-0.05, 0) is 38.1 Å². The summed E-state index contributed by atoms with van der Waals surface area (Å²) in [6.07, 6.45) is 1.47. The predicted octanol–water partition coefficient (Wildman–Crippen LogP) is 3.33. The standard InChI is InChI=1S/C14H15NO3S2/c1-3-17-9-12-13(16)15(14(19)20-12)10-5-7-11(8-6-10)18-4-2/h5-9H,3-4H2,1-2H3. The van der Waals surface area contributed by atoms with E-state index in [1.165, 1.54) is 22.9 Å². The lowest BCUT2D eigenvalue weighted by Gasteiger charge is -2.14. The minimum absolute atomic E-state index is 0.155. The van der Waals surface area contributed by atoms with Crippen molar-refractivity contribution in [2.24, 2.45) is 0 Å². The van der Waals surface area contributed by atoms with E-state index in [2.05, 4.69) is 0 Å². The van der Waals surface area contributed by atoms with E-state index in [-0.39, 0.29) is 5.91 Å². The van der Waals surface area contributed by atoms with Crippen LogP contribution >= 0.6 is 24.0 Å². The maximum Gasteiger partial charge on any atom is 0.273 e. The zero-order chi connectivity index (χ0) is 14.5. The van der Waals surface area contributed by atoms with Crippen LogP contribution < -0.4 is 9.64 Å². The van der Waals surface area contributed by atoms with Crippen LogP contribution in [-0.4, -0.2) is 23.4 Å². The Morgan fingerprint density at radius 2 is 1.95 bits per heavy atom. The second kappa shape index (κ2) is 6.76. The van der Waals surface area contributed by atoms with Crippen LogP contribution in [-0.2, 0) is 9.53 Å². The van der Waals surface area contributed by atoms with Gasteiger partial charge in [-0.3, -0.25) is 9.69 Å². The Kier molecular flexibility index (Phi) is 5.03. The van der Waals surface area contributed by atoms with Gasteiger partial charge in [-0.25, -0.2) is 0 Å². The van der Waals surface area contributed by atoms with Gasteiger partial charge in [-0.1, -0.05) is 24.0 Å². The van der Waals surface area contributed by atoms with Crippen LogP contribution in [0.2, 0.25) is 0 Å². The number of hydrogen-bond acceptors (Lipinski definition) is 5. The van der Waals surface area contributed by atoms with Crippen molar-refractivity contribution in [2.45, 2.75) is 13.8 Å². The fourth-order valence-corrected chi connectivity index (χ4v) is 2.91. The van der Waals surface area contributed by atoms with Crippen LogP contribution in [0.1, 0.15) is 13.8 Å². The summed E-state index contributed by atoms with van der Waals surface area (Å²) in [7, 11) is 0. The van der Waals surface area contributed by atoms with Gasteiger partial charge in [0, 0.05) is 0 Å². The highest BCUT2D eigenvalue weighted by Crippen LogP contribution is 2.35. The number of hydrogen-bond donors (Lipinski definition) is 0. The molecule has 2 rings (SSSR count). The van der Waals surface area contributed by atoms with Gasteiger partial charge in [0.1, 0.15) is 16.9 Å². The molecule has 1 fully saturated rings. The zero-order valence-corrected chi connectivity index (χ0v) is 12.9. The van der Waals surface area contributed by atoms with Crippen molar-refractivity contribution in [3.05, 3.63) is 35.4 Å². The van der Waals surface area contributed by atoms with E-state index in [0.717, 1.165) is 11.4 Å². The molecule has 1 aromatic rings. The molecule has 20 heavy (non-hydrogen) atoms. The van der Waals surface area contributed by atoms with Gasteiger partial charge >= 0.3 is 0 Å². The summed E-state index contributed by atoms with van der Waals surface area (Å²) in [6, 6.07) is 7.28. The highest BCUT2D eigenvalue weighted by molar-refractivity contribution is 8.27. The van der Waals surface area contributed by atoms with Crippen LogP contribution in [0.4, 0.5) is 5.69 Å². The number of thioether (sulfide) groups is 1. The van der Waals surface area contributed by atoms with E-state index in [4.69, 9.17) is 21.7 Å². The van der Waals surface area contributed by atoms with Crippen molar-refractivity contribution >= 4 is 39.9 Å². The fourth-order valence-electron chi connectivity index (χ4n) is 1.69. The average molecular weight is 309 g/mol. The third-order valence-electron chi connectivity index (χ3n) is 2.56. The number of ether oxygens (including phenoxy) is 2. The number of benzene rings is 1. The molecule has 1 aromatic carbocycles. The van der Waals surface area contributed by atoms with E-state index in [1.54, 1.807) is 0 Å². The quantitative estimate of drug-likeness (QED) is 0.474. The van der Waals surface area contributed by atoms with Crippen molar-refractivity contribution in [1.82, 2.24) is 0 Å². The van der Waals surface area contributed by atoms with Crippen molar-refractivity contribution in [3.8, 4) is 5.75 Å². The minimum Gasteiger partial charge on any atom is -0.500 e. The number of anilines is 1. The molecule has 1 saturated heterocycles. The Hall–Kier alpha value is -1.53. The lowest BCUT2D eigenvalue weighted by molar-refractivity contribution is -0.113. The summed E-state index contributed by atoms with van der Waals surface area (Å²) in [5.41, 5.74) is 0.732. The van der Waals surface area contributed by atoms with E-state index < -0.39 is 0 Å². The second-order valence-corrected chi connectivity index (χ2v) is 5.55. The van der Waals surface area contributed by atoms with Crippen molar-refractivity contribution in [1.29, 1.82) is 0 Å². The number of nitrogens with zero attached hydrogens (tertiary/aromatic N) is 1. The van der Waals surface area contributed by atoms with Gasteiger partial charge in [0.2, 0.25) is 0 Å². The molecule has 0 aromatic heterocycles. The molecule has 0 radical (unpaired) electrons. The number of rotatable bonds is 5. The molecule has 0 spiro atoms. The molecule has 106 valence electrons. The molecule has 0 N–H and O–H groups in total. The smallest absolute Gasteiger partial charge is 0.273 e. The fraction of sp³-hybridized carbons (Fsp3) is 0.286. The summed E-state index contributed by atoms with van der Waals surface area (Å²) >= 11 is 6.50. The first-order valence-electron chi connectivity index (χ1n) is 6.28. The topological polar surface area (TPSA) is 38.8 Å². The van der Waals surface area contributed by atoms with E-state index in [9.17, 15) is 4.79 Å². The lowest BCUT2D eigenvalue weighted by Crippen LogP contribution is -2.27. The van der Waals surface area contributed by atoms with Crippen LogP contribution in [0.25, 0.3) is 0 Å². The lowest BCUT2D eigenvalue weighted by atomic mass is 10.3. The molecule has 1 aliphatic heterocycles. The summed E-state index contributed by atoms with van der Waals surface area (Å²) in [5, 5.41) is 0. The van der Waals surface area contributed by atoms with Gasteiger partial charge in [0.15, 0.2) is 4.32 Å². The zero-order valence-electron chi connectivity index (χ0n) is 11.3. The van der Waals surface area contributed by atoms with Crippen molar-refractivity contribution in [2.75, 3.05) is 18.1 Å². The largest absolute Gasteiger partial charge is 0.500 e. The molecular weight excluding hydrogens is 294 g/mol. The molecule has 0 saturated carbocycles. The number of thiocarbonyl (C=S) groups is 1. The normalized spacial score (nSPS) is 16.9. The summed E-state index contributed by atoms with van der Waals surface area (Å²) in [5.74, 6) is 0.615. The number of amides is 1. The van der Waals surface area contributed by atoms with E-state index in [0.29, 0.717) is 22.4 Å². The Balaban J connectivity index is 2.19. The molecule has 0 atom stereocenters. The van der Waals surface area contributed by atoms with Gasteiger partial charge < -0.3 is 9.47 Å². The Morgan fingerprint density at radius 1 is 1.25 bits per heavy atom. The maximum atomic E-state index is 12.3. The molecule has 0 unspecified atom stereocenters. The Bertz CT molecular complexity index is 540. The first-order valence-corrected chi connectivity index (χ1v) is 7.50. The van der Waals surface area contributed by atoms with E-state index in [1.807, 2.05) is 38.1 Å². The third kappa shape index (κ3) is 3.13. The summed E-state index contributed by atoms with van der Waals surface area (Å²) in [4.78, 5) is 14.3. The molecule has 0 aliphatic carbocycles. The summed E-state index contributed by atoms with van der Waals surface area (Å²) < 4.78 is 11.0. The van der Waals surface area contributed by atoms with Crippen molar-refractivity contribution < 1.29 is 14.3 Å².